The normalized spacial score (nSPS) is 13.9. The van der Waals surface area contributed by atoms with Gasteiger partial charge in [0.25, 0.3) is 11.7 Å². The maximum Gasteiger partial charge on any atom is 0.299 e. The number of ketones is 1. The van der Waals surface area contributed by atoms with Crippen LogP contribution in [0.5, 0.6) is 0 Å². The van der Waals surface area contributed by atoms with Crippen LogP contribution >= 0.6 is 0 Å². The number of imidazole rings is 1. The number of hydrogen-bond acceptors (Lipinski definition) is 3. The molecule has 0 unspecified atom stereocenters. The van der Waals surface area contributed by atoms with Crippen molar-refractivity contribution in [2.24, 2.45) is 0 Å². The minimum Gasteiger partial charge on any atom is -0.333 e. The van der Waals surface area contributed by atoms with Gasteiger partial charge in [0.2, 0.25) is 0 Å². The van der Waals surface area contributed by atoms with E-state index >= 15 is 0 Å². The van der Waals surface area contributed by atoms with Crippen LogP contribution in [-0.2, 0) is 17.9 Å². The Bertz CT molecular complexity index is 718. The topological polar surface area (TPSA) is 55.2 Å². The molecule has 108 valence electrons. The summed E-state index contributed by atoms with van der Waals surface area (Å²) in [5, 5.41) is 0. The van der Waals surface area contributed by atoms with Gasteiger partial charge < -0.3 is 4.57 Å². The van der Waals surface area contributed by atoms with E-state index in [1.807, 2.05) is 23.6 Å². The van der Waals surface area contributed by atoms with E-state index in [-0.39, 0.29) is 0 Å². The molecule has 0 atom stereocenters. The molecule has 1 aliphatic rings. The van der Waals surface area contributed by atoms with Crippen LogP contribution in [0.15, 0.2) is 30.7 Å². The number of fused-ring (bicyclic) bond motifs is 1. The van der Waals surface area contributed by atoms with E-state index in [1.165, 1.54) is 0 Å². The predicted molar refractivity (Wildman–Crippen MR) is 79.2 cm³/mol. The molecule has 0 radical (unpaired) electrons. The fraction of sp³-hybridized carbons (Fsp3) is 0.312. The number of nitrogens with zero attached hydrogens (tertiary/aromatic N) is 3. The molecule has 1 amide bonds. The number of aryl methyl sites for hydroxylation is 2. The summed E-state index contributed by atoms with van der Waals surface area (Å²) in [4.78, 5) is 30.0. The largest absolute Gasteiger partial charge is 0.333 e. The van der Waals surface area contributed by atoms with Gasteiger partial charge in [0.1, 0.15) is 0 Å². The lowest BCUT2D eigenvalue weighted by Crippen LogP contribution is -2.30. The van der Waals surface area contributed by atoms with Crippen molar-refractivity contribution in [3.05, 3.63) is 47.5 Å². The van der Waals surface area contributed by atoms with Gasteiger partial charge in [-0.3, -0.25) is 14.5 Å². The predicted octanol–water partition coefficient (Wildman–Crippen LogP) is 2.33. The Kier molecular flexibility index (Phi) is 3.33. The van der Waals surface area contributed by atoms with Crippen LogP contribution in [0.1, 0.15) is 35.0 Å². The van der Waals surface area contributed by atoms with Crippen molar-refractivity contribution in [3.63, 3.8) is 0 Å². The summed E-state index contributed by atoms with van der Waals surface area (Å²) in [5.74, 6) is -0.880. The van der Waals surface area contributed by atoms with E-state index in [0.29, 0.717) is 17.8 Å². The summed E-state index contributed by atoms with van der Waals surface area (Å²) in [7, 11) is 0. The van der Waals surface area contributed by atoms with Crippen LogP contribution in [-0.4, -0.2) is 21.2 Å². The molecule has 3 rings (SSSR count). The third kappa shape index (κ3) is 2.24. The Hall–Kier alpha value is -2.43. The maximum absolute atomic E-state index is 12.2. The van der Waals surface area contributed by atoms with Crippen LogP contribution in [0.3, 0.4) is 0 Å². The highest BCUT2D eigenvalue weighted by molar-refractivity contribution is 6.52. The summed E-state index contributed by atoms with van der Waals surface area (Å²) in [6.07, 6.45) is 4.50. The summed E-state index contributed by atoms with van der Waals surface area (Å²) in [5.41, 5.74) is 3.11. The van der Waals surface area contributed by atoms with E-state index in [0.717, 1.165) is 24.2 Å². The van der Waals surface area contributed by atoms with E-state index < -0.39 is 11.7 Å². The molecule has 0 saturated carbocycles. The van der Waals surface area contributed by atoms with Crippen molar-refractivity contribution >= 4 is 17.4 Å². The minimum atomic E-state index is -0.458. The number of carbonyl (C=O) groups excluding carboxylic acids is 2. The zero-order chi connectivity index (χ0) is 15.0. The van der Waals surface area contributed by atoms with Crippen LogP contribution in [0.25, 0.3) is 0 Å². The van der Waals surface area contributed by atoms with Gasteiger partial charge in [-0.2, -0.15) is 0 Å². The molecular formula is C16H17N3O2. The maximum atomic E-state index is 12.2. The number of Topliss-reactive ketones (excluding diaryl/α,β-unsaturated/α-hetero) is 1. The average Bonchev–Trinajstić information content (AvgIpc) is 2.99. The van der Waals surface area contributed by atoms with Gasteiger partial charge in [-0.15, -0.1) is 0 Å². The van der Waals surface area contributed by atoms with Crippen LogP contribution < -0.4 is 4.90 Å². The first-order valence-corrected chi connectivity index (χ1v) is 7.07. The molecule has 5 heteroatoms. The van der Waals surface area contributed by atoms with Crippen LogP contribution in [0, 0.1) is 6.92 Å². The SMILES string of the molecule is CCCn1cncc1CN1C(=O)C(=O)c2cc(C)ccc21. The monoisotopic (exact) mass is 283 g/mol. The zero-order valence-corrected chi connectivity index (χ0v) is 12.2. The van der Waals surface area contributed by atoms with Gasteiger partial charge in [0.05, 0.1) is 29.8 Å². The number of rotatable bonds is 4. The molecule has 0 bridgehead atoms. The second-order valence-electron chi connectivity index (χ2n) is 5.32. The lowest BCUT2D eigenvalue weighted by molar-refractivity contribution is -0.114. The summed E-state index contributed by atoms with van der Waals surface area (Å²) >= 11 is 0. The van der Waals surface area contributed by atoms with Crippen molar-refractivity contribution < 1.29 is 9.59 Å². The quantitative estimate of drug-likeness (QED) is 0.809. The molecule has 0 fully saturated rings. The molecular weight excluding hydrogens is 266 g/mol. The van der Waals surface area contributed by atoms with Gasteiger partial charge in [-0.1, -0.05) is 18.6 Å². The highest BCUT2D eigenvalue weighted by Gasteiger charge is 2.36. The molecule has 1 aromatic carbocycles. The van der Waals surface area contributed by atoms with Crippen molar-refractivity contribution in [3.8, 4) is 0 Å². The van der Waals surface area contributed by atoms with Gasteiger partial charge >= 0.3 is 0 Å². The lowest BCUT2D eigenvalue weighted by atomic mass is 10.1. The van der Waals surface area contributed by atoms with Crippen LogP contribution in [0.2, 0.25) is 0 Å². The van der Waals surface area contributed by atoms with Crippen LogP contribution in [0.4, 0.5) is 5.69 Å². The van der Waals surface area contributed by atoms with Crippen molar-refractivity contribution in [1.82, 2.24) is 9.55 Å². The van der Waals surface area contributed by atoms with Gasteiger partial charge in [-0.05, 0) is 25.5 Å². The molecule has 2 heterocycles. The standard InChI is InChI=1S/C16H17N3O2/c1-3-6-18-10-17-8-12(18)9-19-14-5-4-11(2)7-13(14)15(20)16(19)21/h4-5,7-8,10H,3,6,9H2,1-2H3. The van der Waals surface area contributed by atoms with Gasteiger partial charge in [0.15, 0.2) is 0 Å². The fourth-order valence-corrected chi connectivity index (χ4v) is 2.66. The number of amides is 1. The second-order valence-corrected chi connectivity index (χ2v) is 5.32. The van der Waals surface area contributed by atoms with Crippen molar-refractivity contribution in [2.45, 2.75) is 33.4 Å². The first-order valence-electron chi connectivity index (χ1n) is 7.07. The van der Waals surface area contributed by atoms with Gasteiger partial charge in [0, 0.05) is 12.7 Å². The Labute approximate surface area is 123 Å². The molecule has 0 spiro atoms. The Morgan fingerprint density at radius 2 is 2.05 bits per heavy atom. The molecule has 0 N–H and O–H groups in total. The van der Waals surface area contributed by atoms with Gasteiger partial charge in [-0.25, -0.2) is 4.98 Å². The number of benzene rings is 1. The Morgan fingerprint density at radius 3 is 2.81 bits per heavy atom. The van der Waals surface area contributed by atoms with E-state index in [2.05, 4.69) is 11.9 Å². The highest BCUT2D eigenvalue weighted by atomic mass is 16.2. The molecule has 5 nitrogen and oxygen atoms in total. The highest BCUT2D eigenvalue weighted by Crippen LogP contribution is 2.30. The summed E-state index contributed by atoms with van der Waals surface area (Å²) < 4.78 is 2.02. The molecule has 1 aromatic heterocycles. The summed E-state index contributed by atoms with van der Waals surface area (Å²) in [6, 6.07) is 5.54. The molecule has 2 aromatic rings. The number of aromatic nitrogens is 2. The molecule has 0 aliphatic carbocycles. The Morgan fingerprint density at radius 1 is 1.24 bits per heavy atom. The third-order valence-corrected chi connectivity index (χ3v) is 3.71. The summed E-state index contributed by atoms with van der Waals surface area (Å²) in [6.45, 7) is 5.23. The Balaban J connectivity index is 1.95. The number of anilines is 1. The minimum absolute atomic E-state index is 0.376. The third-order valence-electron chi connectivity index (χ3n) is 3.71. The first kappa shape index (κ1) is 13.5. The number of hydrogen-bond donors (Lipinski definition) is 0. The average molecular weight is 283 g/mol. The molecule has 0 saturated heterocycles. The first-order chi connectivity index (χ1) is 10.1. The molecule has 21 heavy (non-hydrogen) atoms. The lowest BCUT2D eigenvalue weighted by Gasteiger charge is -2.17. The second kappa shape index (κ2) is 5.16. The van der Waals surface area contributed by atoms with E-state index in [9.17, 15) is 9.59 Å². The number of carbonyl (C=O) groups is 2. The smallest absolute Gasteiger partial charge is 0.299 e. The van der Waals surface area contributed by atoms with E-state index in [4.69, 9.17) is 0 Å². The fourth-order valence-electron chi connectivity index (χ4n) is 2.66. The van der Waals surface area contributed by atoms with Crippen molar-refractivity contribution in [1.29, 1.82) is 0 Å². The van der Waals surface area contributed by atoms with E-state index in [1.54, 1.807) is 23.5 Å². The van der Waals surface area contributed by atoms with Crippen molar-refractivity contribution in [2.75, 3.05) is 4.90 Å². The zero-order valence-electron chi connectivity index (χ0n) is 12.2. The molecule has 1 aliphatic heterocycles.